The Kier molecular flexibility index (Phi) is 4.09. The first-order valence-electron chi connectivity index (χ1n) is 7.25. The summed E-state index contributed by atoms with van der Waals surface area (Å²) in [6.45, 7) is 4.09. The minimum absolute atomic E-state index is 0.169. The lowest BCUT2D eigenvalue weighted by molar-refractivity contribution is 0.741. The van der Waals surface area contributed by atoms with Crippen LogP contribution in [0, 0.1) is 6.92 Å². The van der Waals surface area contributed by atoms with E-state index in [9.17, 15) is 0 Å². The Morgan fingerprint density at radius 1 is 1.09 bits per heavy atom. The normalized spacial score (nSPS) is 12.1. The van der Waals surface area contributed by atoms with Crippen LogP contribution in [0.1, 0.15) is 18.3 Å². The number of hydrogen-bond donors (Lipinski definition) is 1. The van der Waals surface area contributed by atoms with E-state index in [1.165, 1.54) is 0 Å². The van der Waals surface area contributed by atoms with E-state index in [1.807, 2.05) is 55.5 Å². The number of aryl methyl sites for hydroxylation is 1. The van der Waals surface area contributed by atoms with Gasteiger partial charge in [0.1, 0.15) is 0 Å². The highest BCUT2D eigenvalue weighted by Gasteiger charge is 2.12. The fourth-order valence-electron chi connectivity index (χ4n) is 2.32. The van der Waals surface area contributed by atoms with Gasteiger partial charge in [-0.3, -0.25) is 4.98 Å². The van der Waals surface area contributed by atoms with Crippen LogP contribution in [0.15, 0.2) is 48.5 Å². The van der Waals surface area contributed by atoms with E-state index >= 15 is 0 Å². The fraction of sp³-hybridized carbons (Fsp3) is 0.250. The van der Waals surface area contributed by atoms with Gasteiger partial charge in [-0.25, -0.2) is 0 Å². The Morgan fingerprint density at radius 3 is 2.68 bits per heavy atom. The summed E-state index contributed by atoms with van der Waals surface area (Å²) in [4.78, 5) is 4.52. The van der Waals surface area contributed by atoms with Crippen LogP contribution >= 0.6 is 0 Å². The number of nitrogens with one attached hydrogen (secondary N) is 1. The highest BCUT2D eigenvalue weighted by molar-refractivity contribution is 5.38. The average molecular weight is 294 g/mol. The zero-order valence-electron chi connectivity index (χ0n) is 12.6. The molecule has 6 nitrogen and oxygen atoms in total. The lowest BCUT2D eigenvalue weighted by Crippen LogP contribution is -2.21. The van der Waals surface area contributed by atoms with Gasteiger partial charge in [0.15, 0.2) is 0 Å². The SMILES string of the molecule is Cc1cccc(C[C@H](C)Nc2nnnn2-c2ccccc2)n1. The molecule has 0 aliphatic carbocycles. The standard InChI is InChI=1S/C16H18N6/c1-12-7-6-8-14(17-12)11-13(2)18-16-19-20-21-22(16)15-9-4-3-5-10-15/h3-10,13H,11H2,1-2H3,(H,18,19,21)/t13-/m0/s1. The summed E-state index contributed by atoms with van der Waals surface area (Å²) >= 11 is 0. The maximum absolute atomic E-state index is 4.52. The van der Waals surface area contributed by atoms with E-state index in [2.05, 4.69) is 32.7 Å². The summed E-state index contributed by atoms with van der Waals surface area (Å²) in [6.07, 6.45) is 0.809. The summed E-state index contributed by atoms with van der Waals surface area (Å²) in [6, 6.07) is 16.0. The highest BCUT2D eigenvalue weighted by Crippen LogP contribution is 2.12. The Labute approximate surface area is 129 Å². The van der Waals surface area contributed by atoms with Crippen molar-refractivity contribution in [1.82, 2.24) is 25.2 Å². The second-order valence-corrected chi connectivity index (χ2v) is 5.27. The van der Waals surface area contributed by atoms with Crippen LogP contribution < -0.4 is 5.32 Å². The number of nitrogens with zero attached hydrogens (tertiary/aromatic N) is 5. The van der Waals surface area contributed by atoms with Crippen LogP contribution in [0.4, 0.5) is 5.95 Å². The molecule has 2 heterocycles. The van der Waals surface area contributed by atoms with Crippen LogP contribution in [0.25, 0.3) is 5.69 Å². The number of tetrazole rings is 1. The Balaban J connectivity index is 1.73. The molecular formula is C16H18N6. The van der Waals surface area contributed by atoms with Crippen molar-refractivity contribution < 1.29 is 0 Å². The summed E-state index contributed by atoms with van der Waals surface area (Å²) in [7, 11) is 0. The number of hydrogen-bond acceptors (Lipinski definition) is 5. The van der Waals surface area contributed by atoms with Gasteiger partial charge in [-0.05, 0) is 48.5 Å². The second-order valence-electron chi connectivity index (χ2n) is 5.27. The molecule has 0 radical (unpaired) electrons. The van der Waals surface area contributed by atoms with Crippen molar-refractivity contribution >= 4 is 5.95 Å². The van der Waals surface area contributed by atoms with Crippen molar-refractivity contribution in [2.45, 2.75) is 26.3 Å². The topological polar surface area (TPSA) is 68.5 Å². The Hall–Kier alpha value is -2.76. The number of para-hydroxylation sites is 1. The number of benzene rings is 1. The van der Waals surface area contributed by atoms with Gasteiger partial charge in [0.2, 0.25) is 5.95 Å². The third kappa shape index (κ3) is 3.28. The van der Waals surface area contributed by atoms with Gasteiger partial charge in [0.05, 0.1) is 5.69 Å². The van der Waals surface area contributed by atoms with Gasteiger partial charge in [0.25, 0.3) is 0 Å². The van der Waals surface area contributed by atoms with Crippen LogP contribution in [0.3, 0.4) is 0 Å². The van der Waals surface area contributed by atoms with Gasteiger partial charge in [-0.1, -0.05) is 29.4 Å². The van der Waals surface area contributed by atoms with Crippen molar-refractivity contribution in [1.29, 1.82) is 0 Å². The highest BCUT2D eigenvalue weighted by atomic mass is 15.6. The molecular weight excluding hydrogens is 276 g/mol. The lowest BCUT2D eigenvalue weighted by Gasteiger charge is -2.14. The number of anilines is 1. The van der Waals surface area contributed by atoms with E-state index in [0.29, 0.717) is 5.95 Å². The first-order valence-corrected chi connectivity index (χ1v) is 7.25. The molecule has 3 aromatic rings. The first kappa shape index (κ1) is 14.2. The number of rotatable bonds is 5. The van der Waals surface area contributed by atoms with Gasteiger partial charge >= 0.3 is 0 Å². The van der Waals surface area contributed by atoms with Crippen molar-refractivity contribution in [3.63, 3.8) is 0 Å². The largest absolute Gasteiger partial charge is 0.350 e. The molecule has 0 aliphatic heterocycles. The molecule has 1 N–H and O–H groups in total. The molecule has 0 fully saturated rings. The molecule has 0 spiro atoms. The summed E-state index contributed by atoms with van der Waals surface area (Å²) in [5.41, 5.74) is 3.01. The molecule has 6 heteroatoms. The molecule has 22 heavy (non-hydrogen) atoms. The van der Waals surface area contributed by atoms with Crippen molar-refractivity contribution in [2.75, 3.05) is 5.32 Å². The third-order valence-electron chi connectivity index (χ3n) is 3.31. The fourth-order valence-corrected chi connectivity index (χ4v) is 2.32. The monoisotopic (exact) mass is 294 g/mol. The van der Waals surface area contributed by atoms with Crippen molar-refractivity contribution in [3.8, 4) is 5.69 Å². The number of aromatic nitrogens is 5. The van der Waals surface area contributed by atoms with Crippen LogP contribution in [-0.4, -0.2) is 31.2 Å². The molecule has 0 bridgehead atoms. The van der Waals surface area contributed by atoms with Gasteiger partial charge < -0.3 is 5.32 Å². The predicted octanol–water partition coefficient (Wildman–Crippen LogP) is 2.41. The molecule has 0 saturated heterocycles. The lowest BCUT2D eigenvalue weighted by atomic mass is 10.1. The summed E-state index contributed by atoms with van der Waals surface area (Å²) < 4.78 is 1.69. The summed E-state index contributed by atoms with van der Waals surface area (Å²) in [5.74, 6) is 0.631. The zero-order valence-corrected chi connectivity index (χ0v) is 12.6. The molecule has 112 valence electrons. The quantitative estimate of drug-likeness (QED) is 0.782. The molecule has 3 rings (SSSR count). The first-order chi connectivity index (χ1) is 10.7. The van der Waals surface area contributed by atoms with Gasteiger partial charge in [-0.2, -0.15) is 4.68 Å². The van der Waals surface area contributed by atoms with E-state index in [0.717, 1.165) is 23.5 Å². The van der Waals surface area contributed by atoms with E-state index in [-0.39, 0.29) is 6.04 Å². The predicted molar refractivity (Wildman–Crippen MR) is 84.9 cm³/mol. The van der Waals surface area contributed by atoms with Crippen molar-refractivity contribution in [2.24, 2.45) is 0 Å². The maximum Gasteiger partial charge on any atom is 0.247 e. The smallest absolute Gasteiger partial charge is 0.247 e. The second kappa shape index (κ2) is 6.34. The van der Waals surface area contributed by atoms with Crippen molar-refractivity contribution in [3.05, 3.63) is 59.9 Å². The molecule has 2 aromatic heterocycles. The Morgan fingerprint density at radius 2 is 1.91 bits per heavy atom. The minimum atomic E-state index is 0.169. The molecule has 1 atom stereocenters. The van der Waals surface area contributed by atoms with Crippen LogP contribution in [-0.2, 0) is 6.42 Å². The maximum atomic E-state index is 4.52. The zero-order chi connectivity index (χ0) is 15.4. The van der Waals surface area contributed by atoms with E-state index < -0.39 is 0 Å². The molecule has 1 aromatic carbocycles. The summed E-state index contributed by atoms with van der Waals surface area (Å²) in [5, 5.41) is 15.2. The minimum Gasteiger partial charge on any atom is -0.350 e. The van der Waals surface area contributed by atoms with Crippen LogP contribution in [0.2, 0.25) is 0 Å². The van der Waals surface area contributed by atoms with Gasteiger partial charge in [-0.15, -0.1) is 0 Å². The van der Waals surface area contributed by atoms with E-state index in [1.54, 1.807) is 4.68 Å². The Bertz CT molecular complexity index is 737. The average Bonchev–Trinajstić information content (AvgIpc) is 2.96. The molecule has 0 unspecified atom stereocenters. The van der Waals surface area contributed by atoms with Gasteiger partial charge in [0, 0.05) is 23.9 Å². The molecule has 0 saturated carbocycles. The van der Waals surface area contributed by atoms with Crippen LogP contribution in [0.5, 0.6) is 0 Å². The molecule has 0 aliphatic rings. The van der Waals surface area contributed by atoms with E-state index in [4.69, 9.17) is 0 Å². The molecule has 0 amide bonds. The third-order valence-corrected chi connectivity index (χ3v) is 3.31. The number of pyridine rings is 1.